The molecule has 1 aromatic heterocycles. The molecule has 3 rings (SSSR count). The third-order valence-corrected chi connectivity index (χ3v) is 3.74. The van der Waals surface area contributed by atoms with Gasteiger partial charge in [-0.2, -0.15) is 18.3 Å². The van der Waals surface area contributed by atoms with Crippen LogP contribution in [0.2, 0.25) is 0 Å². The largest absolute Gasteiger partial charge is 0.416 e. The number of nitrogens with one attached hydrogen (secondary N) is 2. The topological polar surface area (TPSA) is 57.8 Å². The van der Waals surface area contributed by atoms with Crippen molar-refractivity contribution in [3.8, 4) is 0 Å². The zero-order valence-corrected chi connectivity index (χ0v) is 11.6. The number of amides is 1. The summed E-state index contributed by atoms with van der Waals surface area (Å²) in [4.78, 5) is 12.2. The number of H-pyrrole nitrogens is 1. The fraction of sp³-hybridized carbons (Fsp3) is 0.333. The molecule has 1 amide bonds. The quantitative estimate of drug-likeness (QED) is 0.891. The average Bonchev–Trinajstić information content (AvgIpc) is 2.91. The van der Waals surface area contributed by atoms with Gasteiger partial charge in [-0.15, -0.1) is 0 Å². The van der Waals surface area contributed by atoms with Crippen molar-refractivity contribution in [2.75, 3.05) is 5.32 Å². The minimum absolute atomic E-state index is 0.311. The van der Waals surface area contributed by atoms with Crippen LogP contribution in [-0.4, -0.2) is 16.1 Å². The summed E-state index contributed by atoms with van der Waals surface area (Å²) in [5.74, 6) is -0.404. The summed E-state index contributed by atoms with van der Waals surface area (Å²) in [6, 6.07) is 4.35. The monoisotopic (exact) mass is 309 g/mol. The lowest BCUT2D eigenvalue weighted by Gasteiger charge is -2.11. The van der Waals surface area contributed by atoms with Crippen molar-refractivity contribution in [1.29, 1.82) is 0 Å². The maximum atomic E-state index is 12.5. The van der Waals surface area contributed by atoms with Crippen LogP contribution in [0.4, 0.5) is 18.9 Å². The Morgan fingerprint density at radius 2 is 1.82 bits per heavy atom. The number of benzene rings is 1. The molecule has 1 aliphatic rings. The Kier molecular flexibility index (Phi) is 3.64. The number of aromatic nitrogens is 2. The van der Waals surface area contributed by atoms with Gasteiger partial charge in [-0.25, -0.2) is 0 Å². The predicted molar refractivity (Wildman–Crippen MR) is 74.6 cm³/mol. The number of aryl methyl sites for hydroxylation is 1. The molecule has 1 aromatic carbocycles. The van der Waals surface area contributed by atoms with Crippen LogP contribution in [0.15, 0.2) is 24.3 Å². The number of carbonyl (C=O) groups excluding carboxylic acids is 1. The summed E-state index contributed by atoms with van der Waals surface area (Å²) in [5, 5.41) is 9.48. The van der Waals surface area contributed by atoms with Crippen molar-refractivity contribution < 1.29 is 18.0 Å². The summed E-state index contributed by atoms with van der Waals surface area (Å²) in [5.41, 5.74) is 1.78. The zero-order chi connectivity index (χ0) is 15.7. The zero-order valence-electron chi connectivity index (χ0n) is 11.6. The number of nitrogens with zero attached hydrogens (tertiary/aromatic N) is 1. The average molecular weight is 309 g/mol. The molecule has 1 heterocycles. The Morgan fingerprint density at radius 1 is 1.14 bits per heavy atom. The second-order valence-corrected chi connectivity index (χ2v) is 5.27. The van der Waals surface area contributed by atoms with E-state index in [2.05, 4.69) is 15.5 Å². The first kappa shape index (κ1) is 14.6. The first-order valence-electron chi connectivity index (χ1n) is 7.00. The molecule has 0 aliphatic heterocycles. The van der Waals surface area contributed by atoms with Gasteiger partial charge in [-0.3, -0.25) is 9.89 Å². The van der Waals surface area contributed by atoms with Gasteiger partial charge in [0.25, 0.3) is 5.91 Å². The lowest BCUT2D eigenvalue weighted by molar-refractivity contribution is -0.137. The molecule has 0 fully saturated rings. The molecule has 0 spiro atoms. The molecule has 7 heteroatoms. The summed E-state index contributed by atoms with van der Waals surface area (Å²) in [6.07, 6.45) is -0.649. The number of anilines is 1. The van der Waals surface area contributed by atoms with Crippen LogP contribution in [0.5, 0.6) is 0 Å². The number of carbonyl (C=O) groups is 1. The van der Waals surface area contributed by atoms with Crippen LogP contribution in [0.3, 0.4) is 0 Å². The summed E-state index contributed by atoms with van der Waals surface area (Å²) in [7, 11) is 0. The molecule has 0 bridgehead atoms. The number of fused-ring (bicyclic) bond motifs is 1. The van der Waals surface area contributed by atoms with Gasteiger partial charge in [0.2, 0.25) is 0 Å². The summed E-state index contributed by atoms with van der Waals surface area (Å²) in [6.45, 7) is 0. The van der Waals surface area contributed by atoms with E-state index in [-0.39, 0.29) is 0 Å². The smallest absolute Gasteiger partial charge is 0.321 e. The molecular formula is C15H14F3N3O. The van der Waals surface area contributed by atoms with Gasteiger partial charge < -0.3 is 5.32 Å². The number of rotatable bonds is 2. The van der Waals surface area contributed by atoms with E-state index in [1.165, 1.54) is 12.1 Å². The number of hydrogen-bond donors (Lipinski definition) is 2. The first-order chi connectivity index (χ1) is 10.4. The molecule has 0 radical (unpaired) electrons. The molecular weight excluding hydrogens is 295 g/mol. The summed E-state index contributed by atoms with van der Waals surface area (Å²) < 4.78 is 37.5. The van der Waals surface area contributed by atoms with Gasteiger partial charge in [0, 0.05) is 16.9 Å². The van der Waals surface area contributed by atoms with Crippen molar-refractivity contribution in [3.63, 3.8) is 0 Å². The van der Waals surface area contributed by atoms with Gasteiger partial charge in [0.05, 0.1) is 5.56 Å². The Bertz CT molecular complexity index is 689. The molecule has 22 heavy (non-hydrogen) atoms. The molecule has 1 aliphatic carbocycles. The minimum atomic E-state index is -4.39. The maximum absolute atomic E-state index is 12.5. The van der Waals surface area contributed by atoms with E-state index in [0.717, 1.165) is 49.1 Å². The maximum Gasteiger partial charge on any atom is 0.416 e. The second kappa shape index (κ2) is 5.47. The van der Waals surface area contributed by atoms with Crippen molar-refractivity contribution in [2.24, 2.45) is 0 Å². The highest BCUT2D eigenvalue weighted by Crippen LogP contribution is 2.30. The first-order valence-corrected chi connectivity index (χ1v) is 7.00. The van der Waals surface area contributed by atoms with Crippen LogP contribution in [0, 0.1) is 0 Å². The van der Waals surface area contributed by atoms with E-state index >= 15 is 0 Å². The Balaban J connectivity index is 1.76. The lowest BCUT2D eigenvalue weighted by atomic mass is 9.96. The Labute approximate surface area is 124 Å². The van der Waals surface area contributed by atoms with E-state index in [0.29, 0.717) is 11.4 Å². The minimum Gasteiger partial charge on any atom is -0.321 e. The normalized spacial score (nSPS) is 14.5. The van der Waals surface area contributed by atoms with Crippen molar-refractivity contribution in [1.82, 2.24) is 10.2 Å². The van der Waals surface area contributed by atoms with E-state index in [4.69, 9.17) is 0 Å². The molecule has 0 saturated heterocycles. The Hall–Kier alpha value is -2.31. The number of aromatic amines is 1. The van der Waals surface area contributed by atoms with Gasteiger partial charge in [-0.05, 0) is 49.9 Å². The SMILES string of the molecule is O=C(Nc1ccc(C(F)(F)F)cc1)c1n[nH]c2c1CCCC2. The number of hydrogen-bond acceptors (Lipinski definition) is 2. The standard InChI is InChI=1S/C15H14F3N3O/c16-15(17,18)9-5-7-10(8-6-9)19-14(22)13-11-3-1-2-4-12(11)20-21-13/h5-8H,1-4H2,(H,19,22)(H,20,21). The molecule has 0 unspecified atom stereocenters. The molecule has 116 valence electrons. The highest BCUT2D eigenvalue weighted by Gasteiger charge is 2.30. The third-order valence-electron chi connectivity index (χ3n) is 3.74. The fourth-order valence-corrected chi connectivity index (χ4v) is 2.60. The van der Waals surface area contributed by atoms with E-state index in [1.54, 1.807) is 0 Å². The molecule has 4 nitrogen and oxygen atoms in total. The van der Waals surface area contributed by atoms with E-state index < -0.39 is 17.6 Å². The van der Waals surface area contributed by atoms with E-state index in [1.807, 2.05) is 0 Å². The molecule has 0 saturated carbocycles. The lowest BCUT2D eigenvalue weighted by Crippen LogP contribution is -2.16. The van der Waals surface area contributed by atoms with E-state index in [9.17, 15) is 18.0 Å². The van der Waals surface area contributed by atoms with Crippen molar-refractivity contribution in [3.05, 3.63) is 46.8 Å². The van der Waals surface area contributed by atoms with Crippen LogP contribution < -0.4 is 5.32 Å². The van der Waals surface area contributed by atoms with Crippen molar-refractivity contribution in [2.45, 2.75) is 31.9 Å². The van der Waals surface area contributed by atoms with Crippen molar-refractivity contribution >= 4 is 11.6 Å². The predicted octanol–water partition coefficient (Wildman–Crippen LogP) is 3.56. The van der Waals surface area contributed by atoms with Gasteiger partial charge >= 0.3 is 6.18 Å². The number of halogens is 3. The van der Waals surface area contributed by atoms with Crippen LogP contribution in [0.1, 0.15) is 40.2 Å². The highest BCUT2D eigenvalue weighted by atomic mass is 19.4. The van der Waals surface area contributed by atoms with Gasteiger partial charge in [-0.1, -0.05) is 0 Å². The third kappa shape index (κ3) is 2.84. The summed E-state index contributed by atoms with van der Waals surface area (Å²) >= 11 is 0. The van der Waals surface area contributed by atoms with Gasteiger partial charge in [0.1, 0.15) is 0 Å². The fourth-order valence-electron chi connectivity index (χ4n) is 2.60. The van der Waals surface area contributed by atoms with Gasteiger partial charge in [0.15, 0.2) is 5.69 Å². The Morgan fingerprint density at radius 3 is 2.50 bits per heavy atom. The van der Waals surface area contributed by atoms with Crippen LogP contribution in [0.25, 0.3) is 0 Å². The molecule has 2 N–H and O–H groups in total. The van der Waals surface area contributed by atoms with Crippen LogP contribution >= 0.6 is 0 Å². The highest BCUT2D eigenvalue weighted by molar-refractivity contribution is 6.04. The number of alkyl halides is 3. The second-order valence-electron chi connectivity index (χ2n) is 5.27. The van der Waals surface area contributed by atoms with Crippen LogP contribution in [-0.2, 0) is 19.0 Å². The molecule has 2 aromatic rings. The molecule has 0 atom stereocenters.